The average molecular weight is 375 g/mol. The zero-order valence-corrected chi connectivity index (χ0v) is 16.9. The monoisotopic (exact) mass is 374 g/mol. The van der Waals surface area contributed by atoms with Crippen LogP contribution in [0.5, 0.6) is 5.75 Å². The van der Waals surface area contributed by atoms with Crippen LogP contribution in [0, 0.1) is 20.8 Å². The number of nitrogens with zero attached hydrogens (tertiary/aromatic N) is 1. The maximum Gasteiger partial charge on any atom is 0.262 e. The van der Waals surface area contributed by atoms with Crippen molar-refractivity contribution in [2.24, 2.45) is 0 Å². The minimum absolute atomic E-state index is 0.0439. The van der Waals surface area contributed by atoms with E-state index in [0.717, 1.165) is 46.2 Å². The maximum atomic E-state index is 12.2. The summed E-state index contributed by atoms with van der Waals surface area (Å²) in [6.45, 7) is 12.0. The van der Waals surface area contributed by atoms with E-state index in [1.807, 2.05) is 45.0 Å². The second kappa shape index (κ2) is 8.95. The van der Waals surface area contributed by atoms with E-state index < -0.39 is 0 Å². The van der Waals surface area contributed by atoms with Gasteiger partial charge < -0.3 is 15.0 Å². The van der Waals surface area contributed by atoms with E-state index in [-0.39, 0.29) is 12.5 Å². The number of ether oxygens (including phenoxy) is 1. The molecule has 0 bridgehead atoms. The molecule has 0 aliphatic rings. The highest BCUT2D eigenvalue weighted by molar-refractivity contribution is 6.32. The average Bonchev–Trinajstić information content (AvgIpc) is 2.61. The quantitative estimate of drug-likeness (QED) is 0.730. The van der Waals surface area contributed by atoms with Crippen LogP contribution in [0.1, 0.15) is 30.5 Å². The zero-order chi connectivity index (χ0) is 19.3. The van der Waals surface area contributed by atoms with Crippen molar-refractivity contribution in [2.45, 2.75) is 34.6 Å². The molecule has 4 nitrogen and oxygen atoms in total. The van der Waals surface area contributed by atoms with Crippen LogP contribution in [-0.2, 0) is 4.79 Å². The molecule has 0 heterocycles. The summed E-state index contributed by atoms with van der Waals surface area (Å²) < 4.78 is 5.61. The van der Waals surface area contributed by atoms with Crippen molar-refractivity contribution in [2.75, 3.05) is 29.9 Å². The summed E-state index contributed by atoms with van der Waals surface area (Å²) >= 11 is 6.15. The highest BCUT2D eigenvalue weighted by Gasteiger charge is 2.10. The number of anilines is 2. The Morgan fingerprint density at radius 3 is 2.19 bits per heavy atom. The van der Waals surface area contributed by atoms with Gasteiger partial charge in [-0.3, -0.25) is 4.79 Å². The first-order valence-electron chi connectivity index (χ1n) is 8.90. The third-order valence-electron chi connectivity index (χ3n) is 4.39. The standard InChI is InChI=1S/C21H27ClN2O2/c1-6-24(7-2)17-8-9-19(14(3)10-17)23-20(25)13-26-18-11-15(4)21(22)16(5)12-18/h8-12H,6-7,13H2,1-5H3,(H,23,25). The molecule has 0 unspecified atom stereocenters. The van der Waals surface area contributed by atoms with Gasteiger partial charge in [-0.25, -0.2) is 0 Å². The lowest BCUT2D eigenvalue weighted by molar-refractivity contribution is -0.118. The Hall–Kier alpha value is -2.20. The van der Waals surface area contributed by atoms with Gasteiger partial charge in [0.25, 0.3) is 5.91 Å². The second-order valence-electron chi connectivity index (χ2n) is 6.38. The fourth-order valence-electron chi connectivity index (χ4n) is 2.90. The number of carbonyl (C=O) groups is 1. The first kappa shape index (κ1) is 20.1. The molecule has 0 atom stereocenters. The second-order valence-corrected chi connectivity index (χ2v) is 6.76. The Kier molecular flexibility index (Phi) is 6.92. The number of halogens is 1. The van der Waals surface area contributed by atoms with Crippen molar-refractivity contribution in [1.82, 2.24) is 0 Å². The van der Waals surface area contributed by atoms with Crippen LogP contribution in [0.15, 0.2) is 30.3 Å². The fourth-order valence-corrected chi connectivity index (χ4v) is 3.01. The summed E-state index contributed by atoms with van der Waals surface area (Å²) in [4.78, 5) is 14.5. The molecule has 0 aromatic heterocycles. The van der Waals surface area contributed by atoms with E-state index in [1.54, 1.807) is 0 Å². The molecule has 0 saturated heterocycles. The number of nitrogens with one attached hydrogen (secondary N) is 1. The Morgan fingerprint density at radius 1 is 1.04 bits per heavy atom. The van der Waals surface area contributed by atoms with Crippen molar-refractivity contribution in [1.29, 1.82) is 0 Å². The van der Waals surface area contributed by atoms with Gasteiger partial charge in [0.05, 0.1) is 0 Å². The number of carbonyl (C=O) groups excluding carboxylic acids is 1. The first-order valence-corrected chi connectivity index (χ1v) is 9.28. The van der Waals surface area contributed by atoms with Crippen LogP contribution in [0.3, 0.4) is 0 Å². The minimum atomic E-state index is -0.186. The highest BCUT2D eigenvalue weighted by Crippen LogP contribution is 2.26. The molecule has 140 valence electrons. The van der Waals surface area contributed by atoms with Crippen LogP contribution in [0.4, 0.5) is 11.4 Å². The number of aryl methyl sites for hydroxylation is 3. The van der Waals surface area contributed by atoms with E-state index >= 15 is 0 Å². The number of hydrogen-bond donors (Lipinski definition) is 1. The summed E-state index contributed by atoms with van der Waals surface area (Å²) in [5, 5.41) is 3.64. The summed E-state index contributed by atoms with van der Waals surface area (Å²) in [6.07, 6.45) is 0. The SMILES string of the molecule is CCN(CC)c1ccc(NC(=O)COc2cc(C)c(Cl)c(C)c2)c(C)c1. The molecule has 0 saturated carbocycles. The maximum absolute atomic E-state index is 12.2. The van der Waals surface area contributed by atoms with Gasteiger partial charge in [-0.15, -0.1) is 0 Å². The predicted octanol–water partition coefficient (Wildman–Crippen LogP) is 5.13. The molecule has 1 N–H and O–H groups in total. The van der Waals surface area contributed by atoms with Crippen LogP contribution < -0.4 is 15.0 Å². The molecule has 5 heteroatoms. The molecule has 2 rings (SSSR count). The summed E-state index contributed by atoms with van der Waals surface area (Å²) in [5.41, 5.74) is 4.86. The van der Waals surface area contributed by atoms with Gasteiger partial charge in [0, 0.05) is 29.5 Å². The molecule has 26 heavy (non-hydrogen) atoms. The van der Waals surface area contributed by atoms with E-state index in [9.17, 15) is 4.79 Å². The van der Waals surface area contributed by atoms with Gasteiger partial charge >= 0.3 is 0 Å². The van der Waals surface area contributed by atoms with Gasteiger partial charge in [0.1, 0.15) is 5.75 Å². The van der Waals surface area contributed by atoms with Crippen LogP contribution in [0.2, 0.25) is 5.02 Å². The molecule has 2 aromatic carbocycles. The molecule has 0 aliphatic carbocycles. The molecule has 0 fully saturated rings. The van der Waals surface area contributed by atoms with Crippen molar-refractivity contribution in [3.05, 3.63) is 52.0 Å². The van der Waals surface area contributed by atoms with E-state index in [2.05, 4.69) is 30.1 Å². The molecule has 0 radical (unpaired) electrons. The minimum Gasteiger partial charge on any atom is -0.484 e. The van der Waals surface area contributed by atoms with Gasteiger partial charge in [-0.1, -0.05) is 11.6 Å². The van der Waals surface area contributed by atoms with E-state index in [1.165, 1.54) is 0 Å². The smallest absolute Gasteiger partial charge is 0.262 e. The Morgan fingerprint density at radius 2 is 1.65 bits per heavy atom. The normalized spacial score (nSPS) is 10.5. The van der Waals surface area contributed by atoms with Gasteiger partial charge in [0.2, 0.25) is 0 Å². The van der Waals surface area contributed by atoms with Crippen molar-refractivity contribution < 1.29 is 9.53 Å². The van der Waals surface area contributed by atoms with Crippen molar-refractivity contribution in [3.63, 3.8) is 0 Å². The van der Waals surface area contributed by atoms with Gasteiger partial charge in [-0.2, -0.15) is 0 Å². The molecule has 1 amide bonds. The number of amides is 1. The largest absolute Gasteiger partial charge is 0.484 e. The van der Waals surface area contributed by atoms with Gasteiger partial charge in [-0.05, 0) is 81.6 Å². The van der Waals surface area contributed by atoms with E-state index in [4.69, 9.17) is 16.3 Å². The van der Waals surface area contributed by atoms with Crippen molar-refractivity contribution in [3.8, 4) is 5.75 Å². The lowest BCUT2D eigenvalue weighted by Crippen LogP contribution is -2.23. The predicted molar refractivity (Wildman–Crippen MR) is 110 cm³/mol. The molecular formula is C21H27ClN2O2. The van der Waals surface area contributed by atoms with Gasteiger partial charge in [0.15, 0.2) is 6.61 Å². The lowest BCUT2D eigenvalue weighted by atomic mass is 10.1. The topological polar surface area (TPSA) is 41.6 Å². The summed E-state index contributed by atoms with van der Waals surface area (Å²) in [7, 11) is 0. The Balaban J connectivity index is 1.99. The third kappa shape index (κ3) is 4.92. The van der Waals surface area contributed by atoms with Crippen molar-refractivity contribution >= 4 is 28.9 Å². The Bertz CT molecular complexity index is 763. The number of rotatable bonds is 7. The molecule has 0 spiro atoms. The Labute approximate surface area is 161 Å². The highest BCUT2D eigenvalue weighted by atomic mass is 35.5. The first-order chi connectivity index (χ1) is 12.3. The lowest BCUT2D eigenvalue weighted by Gasteiger charge is -2.22. The zero-order valence-electron chi connectivity index (χ0n) is 16.1. The molecular weight excluding hydrogens is 348 g/mol. The summed E-state index contributed by atoms with van der Waals surface area (Å²) in [5.74, 6) is 0.460. The molecule has 0 aliphatic heterocycles. The molecule has 2 aromatic rings. The number of benzene rings is 2. The van der Waals surface area contributed by atoms with Crippen LogP contribution >= 0.6 is 11.6 Å². The fraction of sp³-hybridized carbons (Fsp3) is 0.381. The third-order valence-corrected chi connectivity index (χ3v) is 4.99. The van der Waals surface area contributed by atoms with E-state index in [0.29, 0.717) is 5.75 Å². The van der Waals surface area contributed by atoms with Crippen LogP contribution in [0.25, 0.3) is 0 Å². The van der Waals surface area contributed by atoms with Crippen LogP contribution in [-0.4, -0.2) is 25.6 Å². The summed E-state index contributed by atoms with van der Waals surface area (Å²) in [6, 6.07) is 9.74. The number of hydrogen-bond acceptors (Lipinski definition) is 3.